The molecule has 1 aromatic heterocycles. The molecule has 0 amide bonds. The first kappa shape index (κ1) is 15.5. The second kappa shape index (κ2) is 6.77. The van der Waals surface area contributed by atoms with Gasteiger partial charge in [-0.3, -0.25) is 4.90 Å². The Hall–Kier alpha value is -1.43. The summed E-state index contributed by atoms with van der Waals surface area (Å²) >= 11 is 1.61. The van der Waals surface area contributed by atoms with Crippen LogP contribution in [0.25, 0.3) is 0 Å². The van der Waals surface area contributed by atoms with Crippen LogP contribution in [0.3, 0.4) is 0 Å². The summed E-state index contributed by atoms with van der Waals surface area (Å²) in [4.78, 5) is 8.02. The van der Waals surface area contributed by atoms with Crippen LogP contribution in [0.5, 0.6) is 10.9 Å². The molecule has 0 radical (unpaired) electrons. The molecule has 2 atom stereocenters. The molecule has 1 fully saturated rings. The number of morpholine rings is 1. The molecule has 1 aliphatic heterocycles. The molecule has 0 saturated carbocycles. The molecule has 3 rings (SSSR count). The van der Waals surface area contributed by atoms with Gasteiger partial charge in [-0.15, -0.1) is 0 Å². The molecule has 4 nitrogen and oxygen atoms in total. The Labute approximate surface area is 135 Å². The van der Waals surface area contributed by atoms with E-state index in [0.717, 1.165) is 25.4 Å². The average Bonchev–Trinajstić information content (AvgIpc) is 2.87. The Bertz CT molecular complexity index is 601. The minimum atomic E-state index is 0.292. The van der Waals surface area contributed by atoms with Crippen LogP contribution < -0.4 is 4.74 Å². The molecule has 0 N–H and O–H groups in total. The zero-order valence-corrected chi connectivity index (χ0v) is 14.1. The number of aromatic nitrogens is 1. The van der Waals surface area contributed by atoms with E-state index in [1.807, 2.05) is 30.5 Å². The van der Waals surface area contributed by atoms with E-state index in [1.54, 1.807) is 11.3 Å². The molecule has 0 spiro atoms. The number of benzene rings is 1. The second-order valence-electron chi connectivity index (χ2n) is 5.96. The molecule has 2 heterocycles. The first-order valence-corrected chi connectivity index (χ1v) is 8.47. The van der Waals surface area contributed by atoms with E-state index in [1.165, 1.54) is 10.4 Å². The van der Waals surface area contributed by atoms with E-state index in [0.29, 0.717) is 17.4 Å². The summed E-state index contributed by atoms with van der Waals surface area (Å²) in [5.41, 5.74) is 1.22. The Morgan fingerprint density at radius 3 is 2.59 bits per heavy atom. The van der Waals surface area contributed by atoms with Crippen molar-refractivity contribution in [1.29, 1.82) is 0 Å². The predicted octanol–water partition coefficient (Wildman–Crippen LogP) is 3.85. The van der Waals surface area contributed by atoms with E-state index in [-0.39, 0.29) is 0 Å². The summed E-state index contributed by atoms with van der Waals surface area (Å²) in [6.07, 6.45) is 2.50. The normalized spacial score (nSPS) is 22.7. The summed E-state index contributed by atoms with van der Waals surface area (Å²) < 4.78 is 11.6. The van der Waals surface area contributed by atoms with Crippen LogP contribution in [0.2, 0.25) is 0 Å². The third kappa shape index (κ3) is 4.06. The van der Waals surface area contributed by atoms with E-state index in [2.05, 4.69) is 30.7 Å². The molecule has 0 aliphatic carbocycles. The quantitative estimate of drug-likeness (QED) is 0.857. The van der Waals surface area contributed by atoms with Crippen molar-refractivity contribution >= 4 is 11.3 Å². The third-order valence-corrected chi connectivity index (χ3v) is 4.49. The fourth-order valence-electron chi connectivity index (χ4n) is 2.75. The maximum Gasteiger partial charge on any atom is 0.278 e. The fraction of sp³-hybridized carbons (Fsp3) is 0.471. The van der Waals surface area contributed by atoms with Gasteiger partial charge in [-0.05, 0) is 32.9 Å². The number of rotatable bonds is 4. The van der Waals surface area contributed by atoms with Gasteiger partial charge in [0.25, 0.3) is 5.19 Å². The molecule has 1 aromatic carbocycles. The topological polar surface area (TPSA) is 34.6 Å². The van der Waals surface area contributed by atoms with Crippen LogP contribution in [0.1, 0.15) is 24.3 Å². The fourth-order valence-corrected chi connectivity index (χ4v) is 3.57. The minimum Gasteiger partial charge on any atom is -0.431 e. The largest absolute Gasteiger partial charge is 0.431 e. The zero-order valence-electron chi connectivity index (χ0n) is 13.3. The molecular formula is C17H22N2O2S. The minimum absolute atomic E-state index is 0.292. The van der Waals surface area contributed by atoms with Crippen molar-refractivity contribution in [3.8, 4) is 10.9 Å². The number of aryl methyl sites for hydroxylation is 1. The highest BCUT2D eigenvalue weighted by Gasteiger charge is 2.22. The predicted molar refractivity (Wildman–Crippen MR) is 88.7 cm³/mol. The number of ether oxygens (including phenoxy) is 2. The SMILES string of the molecule is Cc1ccc(Oc2ncc(CN3C[C@H](C)O[C@@H](C)C3)s2)cc1. The van der Waals surface area contributed by atoms with Crippen molar-refractivity contribution in [3.05, 3.63) is 40.9 Å². The van der Waals surface area contributed by atoms with Gasteiger partial charge in [0.15, 0.2) is 0 Å². The Kier molecular flexibility index (Phi) is 4.76. The molecule has 5 heteroatoms. The molecule has 1 saturated heterocycles. The highest BCUT2D eigenvalue weighted by molar-refractivity contribution is 7.13. The van der Waals surface area contributed by atoms with Crippen LogP contribution in [-0.4, -0.2) is 35.2 Å². The van der Waals surface area contributed by atoms with Gasteiger partial charge < -0.3 is 9.47 Å². The van der Waals surface area contributed by atoms with Crippen LogP contribution in [0, 0.1) is 6.92 Å². The van der Waals surface area contributed by atoms with Crippen LogP contribution in [0.15, 0.2) is 30.5 Å². The zero-order chi connectivity index (χ0) is 15.5. The monoisotopic (exact) mass is 318 g/mol. The van der Waals surface area contributed by atoms with Crippen molar-refractivity contribution < 1.29 is 9.47 Å². The first-order valence-electron chi connectivity index (χ1n) is 7.65. The summed E-state index contributed by atoms with van der Waals surface area (Å²) in [7, 11) is 0. The van der Waals surface area contributed by atoms with Gasteiger partial charge in [-0.1, -0.05) is 29.0 Å². The van der Waals surface area contributed by atoms with Crippen molar-refractivity contribution in [2.45, 2.75) is 39.5 Å². The molecule has 0 bridgehead atoms. The number of thiazole rings is 1. The number of hydrogen-bond donors (Lipinski definition) is 0. The highest BCUT2D eigenvalue weighted by atomic mass is 32.1. The van der Waals surface area contributed by atoms with Crippen molar-refractivity contribution in [2.75, 3.05) is 13.1 Å². The van der Waals surface area contributed by atoms with Crippen LogP contribution >= 0.6 is 11.3 Å². The Balaban J connectivity index is 1.60. The summed E-state index contributed by atoms with van der Waals surface area (Å²) in [6.45, 7) is 9.16. The van der Waals surface area contributed by atoms with E-state index < -0.39 is 0 Å². The lowest BCUT2D eigenvalue weighted by atomic mass is 10.2. The maximum atomic E-state index is 5.81. The second-order valence-corrected chi connectivity index (χ2v) is 7.04. The van der Waals surface area contributed by atoms with E-state index in [4.69, 9.17) is 9.47 Å². The van der Waals surface area contributed by atoms with Gasteiger partial charge in [0.2, 0.25) is 0 Å². The van der Waals surface area contributed by atoms with Gasteiger partial charge in [-0.2, -0.15) is 0 Å². The van der Waals surface area contributed by atoms with Gasteiger partial charge in [0.1, 0.15) is 5.75 Å². The molecule has 118 valence electrons. The standard InChI is InChI=1S/C17H22N2O2S/c1-12-4-6-15(7-5-12)21-17-18-8-16(22-17)11-19-9-13(2)20-14(3)10-19/h4-8,13-14H,9-11H2,1-3H3/t13-,14-/m0/s1. The van der Waals surface area contributed by atoms with E-state index in [9.17, 15) is 0 Å². The number of hydrogen-bond acceptors (Lipinski definition) is 5. The van der Waals surface area contributed by atoms with Crippen molar-refractivity contribution in [1.82, 2.24) is 9.88 Å². The van der Waals surface area contributed by atoms with Crippen LogP contribution in [0.4, 0.5) is 0 Å². The lowest BCUT2D eigenvalue weighted by molar-refractivity contribution is -0.0702. The summed E-state index contributed by atoms with van der Waals surface area (Å²) in [5, 5.41) is 0.702. The van der Waals surface area contributed by atoms with Gasteiger partial charge in [-0.25, -0.2) is 4.98 Å². The molecule has 2 aromatic rings. The lowest BCUT2D eigenvalue weighted by Crippen LogP contribution is -2.44. The van der Waals surface area contributed by atoms with Crippen molar-refractivity contribution in [3.63, 3.8) is 0 Å². The molecular weight excluding hydrogens is 296 g/mol. The first-order chi connectivity index (χ1) is 10.6. The molecule has 1 aliphatic rings. The lowest BCUT2D eigenvalue weighted by Gasteiger charge is -2.34. The Morgan fingerprint density at radius 1 is 1.23 bits per heavy atom. The maximum absolute atomic E-state index is 5.81. The van der Waals surface area contributed by atoms with E-state index >= 15 is 0 Å². The summed E-state index contributed by atoms with van der Waals surface area (Å²) in [6, 6.07) is 8.03. The smallest absolute Gasteiger partial charge is 0.278 e. The molecule has 22 heavy (non-hydrogen) atoms. The van der Waals surface area contributed by atoms with Gasteiger partial charge in [0, 0.05) is 30.7 Å². The van der Waals surface area contributed by atoms with Gasteiger partial charge in [0.05, 0.1) is 12.2 Å². The van der Waals surface area contributed by atoms with Crippen LogP contribution in [-0.2, 0) is 11.3 Å². The van der Waals surface area contributed by atoms with Gasteiger partial charge >= 0.3 is 0 Å². The van der Waals surface area contributed by atoms with Crippen molar-refractivity contribution in [2.24, 2.45) is 0 Å². The Morgan fingerprint density at radius 2 is 1.91 bits per heavy atom. The third-order valence-electron chi connectivity index (χ3n) is 3.63. The number of nitrogens with zero attached hydrogens (tertiary/aromatic N) is 2. The highest BCUT2D eigenvalue weighted by Crippen LogP contribution is 2.28. The molecule has 0 unspecified atom stereocenters. The average molecular weight is 318 g/mol. The summed E-state index contributed by atoms with van der Waals surface area (Å²) in [5.74, 6) is 0.833.